The number of aryl methyl sites for hydroxylation is 1. The van der Waals surface area contributed by atoms with Crippen molar-refractivity contribution in [3.05, 3.63) is 78.0 Å². The van der Waals surface area contributed by atoms with Gasteiger partial charge in [0.05, 0.1) is 0 Å². The first kappa shape index (κ1) is 19.8. The second-order valence-corrected chi connectivity index (χ2v) is 5.93. The fourth-order valence-corrected chi connectivity index (χ4v) is 2.99. The smallest absolute Gasteiger partial charge is 0.335 e. The molecule has 0 saturated heterocycles. The third-order valence-corrected chi connectivity index (χ3v) is 4.24. The van der Waals surface area contributed by atoms with Gasteiger partial charge in [-0.15, -0.1) is 12.4 Å². The Labute approximate surface area is 159 Å². The van der Waals surface area contributed by atoms with Crippen LogP contribution in [0.4, 0.5) is 0 Å². The van der Waals surface area contributed by atoms with Crippen molar-refractivity contribution < 1.29 is 9.53 Å². The van der Waals surface area contributed by atoms with Gasteiger partial charge in [-0.2, -0.15) is 0 Å². The fraction of sp³-hybridized carbons (Fsp3) is 0.190. The van der Waals surface area contributed by atoms with Crippen LogP contribution in [0.2, 0.25) is 0 Å². The molecular formula is C21H23ClN2O2. The van der Waals surface area contributed by atoms with Gasteiger partial charge < -0.3 is 15.0 Å². The lowest BCUT2D eigenvalue weighted by atomic mass is 10.1. The third kappa shape index (κ3) is 4.54. The number of aromatic amines is 1. The van der Waals surface area contributed by atoms with Crippen LogP contribution in [-0.4, -0.2) is 17.5 Å². The first-order valence-corrected chi connectivity index (χ1v) is 8.38. The number of para-hydroxylation sites is 2. The summed E-state index contributed by atoms with van der Waals surface area (Å²) in [5.41, 5.74) is 4.68. The molecule has 0 aliphatic rings. The van der Waals surface area contributed by atoms with Crippen LogP contribution in [-0.2, 0) is 17.8 Å². The zero-order chi connectivity index (χ0) is 17.6. The van der Waals surface area contributed by atoms with E-state index in [1.54, 1.807) is 6.07 Å². The number of carbonyl (C=O) groups is 1. The van der Waals surface area contributed by atoms with E-state index in [1.807, 2.05) is 24.3 Å². The van der Waals surface area contributed by atoms with E-state index in [1.165, 1.54) is 28.2 Å². The van der Waals surface area contributed by atoms with Gasteiger partial charge in [0.2, 0.25) is 0 Å². The number of H-pyrrole nitrogens is 1. The van der Waals surface area contributed by atoms with E-state index < -0.39 is 5.97 Å². The van der Waals surface area contributed by atoms with Crippen LogP contribution in [0.15, 0.2) is 61.2 Å². The number of esters is 1. The predicted molar refractivity (Wildman–Crippen MR) is 108 cm³/mol. The minimum absolute atomic E-state index is 0. The Hall–Kier alpha value is -2.56. The molecule has 0 unspecified atom stereocenters. The Morgan fingerprint density at radius 2 is 1.92 bits per heavy atom. The van der Waals surface area contributed by atoms with Gasteiger partial charge >= 0.3 is 5.97 Å². The molecule has 0 aliphatic heterocycles. The molecule has 1 aromatic heterocycles. The molecule has 0 atom stereocenters. The van der Waals surface area contributed by atoms with Crippen LogP contribution in [0.1, 0.15) is 16.8 Å². The topological polar surface area (TPSA) is 54.1 Å². The van der Waals surface area contributed by atoms with Crippen molar-refractivity contribution in [1.82, 2.24) is 10.3 Å². The largest absolute Gasteiger partial charge is 0.423 e. The van der Waals surface area contributed by atoms with Crippen molar-refractivity contribution in [1.29, 1.82) is 0 Å². The average molecular weight is 371 g/mol. The molecule has 0 bridgehead atoms. The number of carbonyl (C=O) groups excluding carboxylic acids is 1. The summed E-state index contributed by atoms with van der Waals surface area (Å²) in [6.07, 6.45) is 2.11. The number of hydrogen-bond donors (Lipinski definition) is 2. The quantitative estimate of drug-likeness (QED) is 0.282. The highest BCUT2D eigenvalue weighted by Gasteiger charge is 2.08. The van der Waals surface area contributed by atoms with Gasteiger partial charge in [0.25, 0.3) is 0 Å². The number of hydrogen-bond acceptors (Lipinski definition) is 3. The minimum Gasteiger partial charge on any atom is -0.423 e. The molecule has 0 amide bonds. The van der Waals surface area contributed by atoms with Crippen LogP contribution in [0.3, 0.4) is 0 Å². The molecule has 26 heavy (non-hydrogen) atoms. The van der Waals surface area contributed by atoms with Crippen molar-refractivity contribution in [3.63, 3.8) is 0 Å². The zero-order valence-electron chi connectivity index (χ0n) is 14.7. The summed E-state index contributed by atoms with van der Waals surface area (Å²) >= 11 is 0. The lowest BCUT2D eigenvalue weighted by Gasteiger charge is -2.10. The highest BCUT2D eigenvalue weighted by atomic mass is 35.5. The highest BCUT2D eigenvalue weighted by Crippen LogP contribution is 2.22. The molecule has 0 saturated carbocycles. The van der Waals surface area contributed by atoms with Crippen LogP contribution in [0.25, 0.3) is 10.9 Å². The molecule has 4 nitrogen and oxygen atoms in total. The predicted octanol–water partition coefficient (Wildman–Crippen LogP) is 4.32. The van der Waals surface area contributed by atoms with E-state index in [0.29, 0.717) is 12.3 Å². The summed E-state index contributed by atoms with van der Waals surface area (Å²) in [5.74, 6) is 0.130. The van der Waals surface area contributed by atoms with E-state index in [9.17, 15) is 4.79 Å². The monoisotopic (exact) mass is 370 g/mol. The molecule has 2 N–H and O–H groups in total. The lowest BCUT2D eigenvalue weighted by molar-refractivity contribution is -0.129. The highest BCUT2D eigenvalue weighted by molar-refractivity contribution is 5.85. The molecule has 2 aromatic carbocycles. The maximum absolute atomic E-state index is 11.4. The summed E-state index contributed by atoms with van der Waals surface area (Å²) in [7, 11) is 0. The van der Waals surface area contributed by atoms with Crippen LogP contribution in [0, 0.1) is 6.92 Å². The Morgan fingerprint density at radius 3 is 2.73 bits per heavy atom. The number of benzene rings is 2. The Balaban J connectivity index is 0.00000243. The van der Waals surface area contributed by atoms with Gasteiger partial charge in [-0.05, 0) is 37.6 Å². The van der Waals surface area contributed by atoms with Crippen molar-refractivity contribution >= 4 is 29.3 Å². The molecule has 136 valence electrons. The molecule has 0 fully saturated rings. The maximum atomic E-state index is 11.4. The third-order valence-electron chi connectivity index (χ3n) is 4.24. The molecule has 0 radical (unpaired) electrons. The first-order chi connectivity index (χ1) is 12.2. The van der Waals surface area contributed by atoms with Crippen molar-refractivity contribution in [3.8, 4) is 5.75 Å². The Kier molecular flexibility index (Phi) is 7.01. The second kappa shape index (κ2) is 9.22. The summed E-state index contributed by atoms with van der Waals surface area (Å²) < 4.78 is 5.27. The standard InChI is InChI=1S/C21H22N2O2.ClH/c1-3-21(24)25-20-11-7-4-8-16(20)14-22-13-12-17-15(2)23-19-10-6-5-9-18(17)19;/h3-11,22-23H,1,12-14H2,2H3;1H. The summed E-state index contributed by atoms with van der Waals surface area (Å²) in [6.45, 7) is 7.02. The van der Waals surface area contributed by atoms with Crippen molar-refractivity contribution in [2.24, 2.45) is 0 Å². The summed E-state index contributed by atoms with van der Waals surface area (Å²) in [5, 5.41) is 4.71. The number of aromatic nitrogens is 1. The first-order valence-electron chi connectivity index (χ1n) is 8.38. The van der Waals surface area contributed by atoms with Crippen molar-refractivity contribution in [2.45, 2.75) is 19.9 Å². The van der Waals surface area contributed by atoms with E-state index in [2.05, 4.69) is 42.0 Å². The zero-order valence-corrected chi connectivity index (χ0v) is 15.6. The number of rotatable bonds is 7. The lowest BCUT2D eigenvalue weighted by Crippen LogP contribution is -2.18. The fourth-order valence-electron chi connectivity index (χ4n) is 2.99. The Morgan fingerprint density at radius 1 is 1.19 bits per heavy atom. The summed E-state index contributed by atoms with van der Waals surface area (Å²) in [4.78, 5) is 14.8. The molecular weight excluding hydrogens is 348 g/mol. The number of fused-ring (bicyclic) bond motifs is 1. The molecule has 1 heterocycles. The van der Waals surface area contributed by atoms with E-state index in [4.69, 9.17) is 4.74 Å². The normalized spacial score (nSPS) is 10.3. The van der Waals surface area contributed by atoms with Gasteiger partial charge in [0.15, 0.2) is 0 Å². The molecule has 5 heteroatoms. The number of nitrogens with one attached hydrogen (secondary N) is 2. The van der Waals surface area contributed by atoms with Crippen LogP contribution in [0.5, 0.6) is 5.75 Å². The molecule has 0 spiro atoms. The van der Waals surface area contributed by atoms with E-state index >= 15 is 0 Å². The SMILES string of the molecule is C=CC(=O)Oc1ccccc1CNCCc1c(C)[nH]c2ccccc12.Cl. The van der Waals surface area contributed by atoms with Gasteiger partial charge in [0, 0.05) is 34.8 Å². The Bertz CT molecular complexity index is 902. The summed E-state index contributed by atoms with van der Waals surface area (Å²) in [6, 6.07) is 15.9. The number of ether oxygens (including phenoxy) is 1. The second-order valence-electron chi connectivity index (χ2n) is 5.93. The van der Waals surface area contributed by atoms with Gasteiger partial charge in [-0.3, -0.25) is 0 Å². The van der Waals surface area contributed by atoms with E-state index in [0.717, 1.165) is 18.5 Å². The molecule has 3 aromatic rings. The van der Waals surface area contributed by atoms with Gasteiger partial charge in [-0.25, -0.2) is 4.79 Å². The number of halogens is 1. The van der Waals surface area contributed by atoms with Gasteiger partial charge in [-0.1, -0.05) is 43.0 Å². The van der Waals surface area contributed by atoms with E-state index in [-0.39, 0.29) is 12.4 Å². The van der Waals surface area contributed by atoms with Gasteiger partial charge in [0.1, 0.15) is 5.75 Å². The van der Waals surface area contributed by atoms with Crippen molar-refractivity contribution in [2.75, 3.05) is 6.54 Å². The molecule has 0 aliphatic carbocycles. The van der Waals surface area contributed by atoms with Crippen LogP contribution < -0.4 is 10.1 Å². The minimum atomic E-state index is -0.443. The molecule has 3 rings (SSSR count). The average Bonchev–Trinajstić information content (AvgIpc) is 2.95. The maximum Gasteiger partial charge on any atom is 0.335 e. The van der Waals surface area contributed by atoms with Crippen LogP contribution >= 0.6 is 12.4 Å².